The number of aromatic nitrogens is 3. The molecule has 1 atom stereocenters. The van der Waals surface area contributed by atoms with Gasteiger partial charge in [0.15, 0.2) is 0 Å². The minimum absolute atomic E-state index is 0.210. The van der Waals surface area contributed by atoms with Gasteiger partial charge >= 0.3 is 0 Å². The Morgan fingerprint density at radius 3 is 2.71 bits per heavy atom. The highest BCUT2D eigenvalue weighted by atomic mass is 16.3. The highest BCUT2D eigenvalue weighted by Crippen LogP contribution is 2.31. The fourth-order valence-electron chi connectivity index (χ4n) is 4.58. The number of piperidine rings is 2. The number of likely N-dealkylation sites (tertiary alicyclic amines) is 1. The number of benzene rings is 1. The monoisotopic (exact) mass is 424 g/mol. The van der Waals surface area contributed by atoms with E-state index in [-0.39, 0.29) is 30.9 Å². The van der Waals surface area contributed by atoms with Gasteiger partial charge in [0.2, 0.25) is 11.8 Å². The van der Waals surface area contributed by atoms with Crippen molar-refractivity contribution < 1.29 is 19.5 Å². The topological polar surface area (TPSA) is 121 Å². The number of nitrogens with zero attached hydrogens (tertiary/aromatic N) is 5. The van der Waals surface area contributed by atoms with Gasteiger partial charge in [-0.05, 0) is 31.4 Å². The number of fused-ring (bicyclic) bond motifs is 1. The first-order valence-electron chi connectivity index (χ1n) is 10.6. The van der Waals surface area contributed by atoms with Crippen molar-refractivity contribution in [2.75, 3.05) is 13.1 Å². The van der Waals surface area contributed by atoms with E-state index in [4.69, 9.17) is 0 Å². The Hall–Kier alpha value is -3.11. The highest BCUT2D eigenvalue weighted by Gasteiger charge is 2.40. The molecule has 2 fully saturated rings. The molecule has 1 unspecified atom stereocenters. The maximum absolute atomic E-state index is 13.0. The average molecular weight is 424 g/mol. The molecule has 3 amide bonds. The predicted molar refractivity (Wildman–Crippen MR) is 108 cm³/mol. The molecule has 1 aromatic carbocycles. The van der Waals surface area contributed by atoms with Crippen molar-refractivity contribution in [1.29, 1.82) is 0 Å². The van der Waals surface area contributed by atoms with Crippen LogP contribution in [0.4, 0.5) is 0 Å². The van der Waals surface area contributed by atoms with Crippen LogP contribution in [0.2, 0.25) is 0 Å². The Labute approximate surface area is 178 Å². The third-order valence-electron chi connectivity index (χ3n) is 6.29. The molecule has 0 bridgehead atoms. The zero-order valence-electron chi connectivity index (χ0n) is 17.0. The molecule has 31 heavy (non-hydrogen) atoms. The average Bonchev–Trinajstić information content (AvgIpc) is 3.35. The Kier molecular flexibility index (Phi) is 5.03. The summed E-state index contributed by atoms with van der Waals surface area (Å²) in [6.45, 7) is 2.59. The second kappa shape index (κ2) is 7.86. The molecule has 162 valence electrons. The van der Waals surface area contributed by atoms with E-state index in [9.17, 15) is 19.5 Å². The Morgan fingerprint density at radius 1 is 1.13 bits per heavy atom. The van der Waals surface area contributed by atoms with E-state index >= 15 is 0 Å². The molecule has 1 aromatic heterocycles. The van der Waals surface area contributed by atoms with Crippen molar-refractivity contribution >= 4 is 17.7 Å². The minimum atomic E-state index is -0.647. The molecule has 2 saturated heterocycles. The number of amides is 3. The summed E-state index contributed by atoms with van der Waals surface area (Å²) in [7, 11) is 0. The molecule has 3 aliphatic heterocycles. The molecule has 4 heterocycles. The lowest BCUT2D eigenvalue weighted by Crippen LogP contribution is -2.52. The van der Waals surface area contributed by atoms with Gasteiger partial charge in [-0.15, -0.1) is 5.10 Å². The molecule has 0 saturated carbocycles. The van der Waals surface area contributed by atoms with Gasteiger partial charge in [0.05, 0.1) is 23.7 Å². The van der Waals surface area contributed by atoms with E-state index in [1.807, 2.05) is 12.3 Å². The minimum Gasteiger partial charge on any atom is -0.393 e. The zero-order valence-corrected chi connectivity index (χ0v) is 17.0. The van der Waals surface area contributed by atoms with Crippen LogP contribution in [-0.2, 0) is 22.7 Å². The lowest BCUT2D eigenvalue weighted by molar-refractivity contribution is -0.136. The summed E-state index contributed by atoms with van der Waals surface area (Å²) in [5.41, 5.74) is 2.92. The first kappa shape index (κ1) is 19.8. The molecular weight excluding hydrogens is 400 g/mol. The molecule has 5 rings (SSSR count). The van der Waals surface area contributed by atoms with Gasteiger partial charge < -0.3 is 10.0 Å². The number of hydrogen-bond donors (Lipinski definition) is 2. The van der Waals surface area contributed by atoms with E-state index in [0.717, 1.165) is 42.9 Å². The van der Waals surface area contributed by atoms with Crippen LogP contribution >= 0.6 is 0 Å². The zero-order chi connectivity index (χ0) is 21.5. The Balaban J connectivity index is 1.36. The third-order valence-corrected chi connectivity index (χ3v) is 6.29. The fourth-order valence-corrected chi connectivity index (χ4v) is 4.58. The number of hydrogen-bond acceptors (Lipinski definition) is 7. The molecule has 10 heteroatoms. The van der Waals surface area contributed by atoms with Crippen LogP contribution in [0, 0.1) is 0 Å². The Morgan fingerprint density at radius 2 is 1.94 bits per heavy atom. The normalized spacial score (nSPS) is 22.7. The highest BCUT2D eigenvalue weighted by molar-refractivity contribution is 6.05. The van der Waals surface area contributed by atoms with Crippen LogP contribution in [0.5, 0.6) is 0 Å². The van der Waals surface area contributed by atoms with Gasteiger partial charge in [-0.25, -0.2) is 4.68 Å². The van der Waals surface area contributed by atoms with Crippen molar-refractivity contribution in [3.63, 3.8) is 0 Å². The number of imide groups is 1. The predicted octanol–water partition coefficient (Wildman–Crippen LogP) is -0.0150. The van der Waals surface area contributed by atoms with Crippen molar-refractivity contribution in [2.45, 2.75) is 50.9 Å². The standard InChI is InChI=1S/C21H24N6O4/c28-14-6-8-25(9-7-14)10-13-11-27(24-23-13)17-3-1-2-15-16(17)12-26(21(15)31)18-4-5-19(29)22-20(18)30/h1-3,11,14,18,28H,4-10,12H2,(H,22,29,30). The van der Waals surface area contributed by atoms with E-state index in [2.05, 4.69) is 20.5 Å². The molecule has 0 radical (unpaired) electrons. The molecular formula is C21H24N6O4. The first-order chi connectivity index (χ1) is 15.0. The van der Waals surface area contributed by atoms with Crippen LogP contribution in [0.15, 0.2) is 24.4 Å². The molecule has 0 spiro atoms. The molecule has 0 aliphatic carbocycles. The fraction of sp³-hybridized carbons (Fsp3) is 0.476. The molecule has 2 aromatic rings. The largest absolute Gasteiger partial charge is 0.393 e. The van der Waals surface area contributed by atoms with Crippen LogP contribution in [0.25, 0.3) is 5.69 Å². The number of rotatable bonds is 4. The second-order valence-electron chi connectivity index (χ2n) is 8.36. The quantitative estimate of drug-likeness (QED) is 0.662. The number of carbonyl (C=O) groups is 3. The number of nitrogens with one attached hydrogen (secondary N) is 1. The summed E-state index contributed by atoms with van der Waals surface area (Å²) in [6.07, 6.45) is 3.72. The van der Waals surface area contributed by atoms with Crippen LogP contribution in [0.1, 0.15) is 47.3 Å². The molecule has 3 aliphatic rings. The van der Waals surface area contributed by atoms with Crippen molar-refractivity contribution in [3.8, 4) is 5.69 Å². The van der Waals surface area contributed by atoms with Crippen molar-refractivity contribution in [3.05, 3.63) is 41.2 Å². The smallest absolute Gasteiger partial charge is 0.255 e. The maximum atomic E-state index is 13.0. The van der Waals surface area contributed by atoms with Crippen LogP contribution in [-0.4, -0.2) is 72.9 Å². The summed E-state index contributed by atoms with van der Waals surface area (Å²) in [6, 6.07) is 4.79. The Bertz CT molecular complexity index is 1040. The van der Waals surface area contributed by atoms with Gasteiger partial charge in [0, 0.05) is 43.7 Å². The lowest BCUT2D eigenvalue weighted by Gasteiger charge is -2.29. The van der Waals surface area contributed by atoms with Gasteiger partial charge in [-0.2, -0.15) is 0 Å². The SMILES string of the molecule is O=C1CCC(N2Cc3c(cccc3-n3cc(CN4CCC(O)CC4)nn3)C2=O)C(=O)N1. The number of carbonyl (C=O) groups excluding carboxylic acids is 3. The van der Waals surface area contributed by atoms with E-state index in [1.54, 1.807) is 16.8 Å². The summed E-state index contributed by atoms with van der Waals surface area (Å²) in [5.74, 6) is -0.934. The first-order valence-corrected chi connectivity index (χ1v) is 10.6. The number of aliphatic hydroxyl groups is 1. The van der Waals surface area contributed by atoms with Crippen LogP contribution in [0.3, 0.4) is 0 Å². The summed E-state index contributed by atoms with van der Waals surface area (Å²) < 4.78 is 1.67. The van der Waals surface area contributed by atoms with Crippen LogP contribution < -0.4 is 5.32 Å². The van der Waals surface area contributed by atoms with Crippen molar-refractivity contribution in [1.82, 2.24) is 30.1 Å². The van der Waals surface area contributed by atoms with Gasteiger partial charge in [-0.1, -0.05) is 11.3 Å². The van der Waals surface area contributed by atoms with Gasteiger partial charge in [-0.3, -0.25) is 24.6 Å². The van der Waals surface area contributed by atoms with Crippen molar-refractivity contribution in [2.24, 2.45) is 0 Å². The van der Waals surface area contributed by atoms with Gasteiger partial charge in [0.1, 0.15) is 6.04 Å². The lowest BCUT2D eigenvalue weighted by atomic mass is 10.0. The van der Waals surface area contributed by atoms with Gasteiger partial charge in [0.25, 0.3) is 5.91 Å². The summed E-state index contributed by atoms with van der Waals surface area (Å²) >= 11 is 0. The number of aliphatic hydroxyl groups excluding tert-OH is 1. The van der Waals surface area contributed by atoms with E-state index in [0.29, 0.717) is 18.5 Å². The summed E-state index contributed by atoms with van der Waals surface area (Å²) in [4.78, 5) is 40.5. The maximum Gasteiger partial charge on any atom is 0.255 e. The molecule has 2 N–H and O–H groups in total. The molecule has 10 nitrogen and oxygen atoms in total. The van der Waals surface area contributed by atoms with E-state index < -0.39 is 11.9 Å². The third kappa shape index (κ3) is 3.72. The second-order valence-corrected chi connectivity index (χ2v) is 8.36. The summed E-state index contributed by atoms with van der Waals surface area (Å²) in [5, 5.41) is 20.6. The van der Waals surface area contributed by atoms with E-state index in [1.165, 1.54) is 4.90 Å².